The van der Waals surface area contributed by atoms with Crippen molar-refractivity contribution in [2.45, 2.75) is 13.8 Å². The minimum Gasteiger partial charge on any atom is -0.496 e. The van der Waals surface area contributed by atoms with E-state index in [0.29, 0.717) is 11.3 Å². The van der Waals surface area contributed by atoms with Crippen molar-refractivity contribution in [2.24, 2.45) is 5.73 Å². The Morgan fingerprint density at radius 1 is 1.31 bits per heavy atom. The van der Waals surface area contributed by atoms with E-state index in [1.165, 1.54) is 0 Å². The van der Waals surface area contributed by atoms with Gasteiger partial charge in [-0.25, -0.2) is 0 Å². The van der Waals surface area contributed by atoms with Crippen LogP contribution < -0.4 is 10.5 Å². The van der Waals surface area contributed by atoms with E-state index >= 15 is 0 Å². The van der Waals surface area contributed by atoms with Crippen molar-refractivity contribution in [3.05, 3.63) is 28.8 Å². The number of ether oxygens (including phenoxy) is 1. The van der Waals surface area contributed by atoms with E-state index in [0.717, 1.165) is 11.1 Å². The van der Waals surface area contributed by atoms with Crippen LogP contribution in [0.2, 0.25) is 0 Å². The molecule has 3 nitrogen and oxygen atoms in total. The van der Waals surface area contributed by atoms with E-state index in [1.54, 1.807) is 13.2 Å². The molecule has 3 heteroatoms. The van der Waals surface area contributed by atoms with Gasteiger partial charge >= 0.3 is 0 Å². The number of primary amides is 1. The van der Waals surface area contributed by atoms with Crippen LogP contribution in [0.5, 0.6) is 5.75 Å². The molecule has 0 heterocycles. The van der Waals surface area contributed by atoms with Crippen LogP contribution in [0.3, 0.4) is 0 Å². The topological polar surface area (TPSA) is 52.3 Å². The lowest BCUT2D eigenvalue weighted by Gasteiger charge is -2.08. The third-order valence-electron chi connectivity index (χ3n) is 2.01. The van der Waals surface area contributed by atoms with E-state index in [1.807, 2.05) is 19.9 Å². The van der Waals surface area contributed by atoms with Crippen molar-refractivity contribution in [3.8, 4) is 5.75 Å². The lowest BCUT2D eigenvalue weighted by Crippen LogP contribution is -2.13. The van der Waals surface area contributed by atoms with Crippen molar-refractivity contribution < 1.29 is 9.53 Å². The molecule has 1 aromatic carbocycles. The summed E-state index contributed by atoms with van der Waals surface area (Å²) in [6.45, 7) is 3.78. The number of amides is 1. The maximum atomic E-state index is 11.0. The first kappa shape index (κ1) is 9.58. The summed E-state index contributed by atoms with van der Waals surface area (Å²) >= 11 is 0. The Kier molecular flexibility index (Phi) is 2.56. The van der Waals surface area contributed by atoms with Gasteiger partial charge in [-0.3, -0.25) is 4.79 Å². The van der Waals surface area contributed by atoms with Crippen LogP contribution >= 0.6 is 0 Å². The summed E-state index contributed by atoms with van der Waals surface area (Å²) in [5, 5.41) is 0. The molecule has 0 fully saturated rings. The van der Waals surface area contributed by atoms with Gasteiger partial charge in [0, 0.05) is 5.56 Å². The van der Waals surface area contributed by atoms with E-state index in [2.05, 4.69) is 0 Å². The first-order valence-corrected chi connectivity index (χ1v) is 4.01. The molecule has 0 aliphatic carbocycles. The molecule has 0 aliphatic heterocycles. The summed E-state index contributed by atoms with van der Waals surface area (Å²) < 4.78 is 5.08. The van der Waals surface area contributed by atoms with Crippen molar-refractivity contribution in [1.82, 2.24) is 0 Å². The minimum absolute atomic E-state index is 0.421. The van der Waals surface area contributed by atoms with Gasteiger partial charge in [0.25, 0.3) is 0 Å². The van der Waals surface area contributed by atoms with Gasteiger partial charge in [0.15, 0.2) is 0 Å². The van der Waals surface area contributed by atoms with Gasteiger partial charge < -0.3 is 10.5 Å². The molecule has 1 amide bonds. The molecule has 70 valence electrons. The summed E-state index contributed by atoms with van der Waals surface area (Å²) in [4.78, 5) is 11.0. The lowest BCUT2D eigenvalue weighted by molar-refractivity contribution is 0.0999. The highest BCUT2D eigenvalue weighted by atomic mass is 16.5. The minimum atomic E-state index is -0.421. The van der Waals surface area contributed by atoms with E-state index in [4.69, 9.17) is 10.5 Å². The van der Waals surface area contributed by atoms with Crippen LogP contribution in [0, 0.1) is 13.8 Å². The van der Waals surface area contributed by atoms with Gasteiger partial charge in [-0.1, -0.05) is 6.07 Å². The summed E-state index contributed by atoms with van der Waals surface area (Å²) in [6, 6.07) is 3.56. The van der Waals surface area contributed by atoms with Gasteiger partial charge in [-0.05, 0) is 31.0 Å². The SMILES string of the molecule is COc1cc(C(N)=O)c(C)cc1C. The summed E-state index contributed by atoms with van der Waals surface area (Å²) in [5.74, 6) is 0.273. The number of methoxy groups -OCH3 is 1. The van der Waals surface area contributed by atoms with Gasteiger partial charge in [0.2, 0.25) is 5.91 Å². The summed E-state index contributed by atoms with van der Waals surface area (Å²) in [7, 11) is 1.57. The second-order valence-corrected chi connectivity index (χ2v) is 3.00. The smallest absolute Gasteiger partial charge is 0.249 e. The van der Waals surface area contributed by atoms with Crippen molar-refractivity contribution in [3.63, 3.8) is 0 Å². The highest BCUT2D eigenvalue weighted by Crippen LogP contribution is 2.21. The summed E-state index contributed by atoms with van der Waals surface area (Å²) in [6.07, 6.45) is 0. The molecular weight excluding hydrogens is 166 g/mol. The predicted molar refractivity (Wildman–Crippen MR) is 51.0 cm³/mol. The average molecular weight is 179 g/mol. The molecule has 13 heavy (non-hydrogen) atoms. The molecule has 0 spiro atoms. The van der Waals surface area contributed by atoms with Gasteiger partial charge in [0.05, 0.1) is 7.11 Å². The van der Waals surface area contributed by atoms with Crippen LogP contribution in [-0.4, -0.2) is 13.0 Å². The second kappa shape index (κ2) is 3.47. The molecule has 0 aromatic heterocycles. The molecule has 1 aromatic rings. The van der Waals surface area contributed by atoms with E-state index < -0.39 is 5.91 Å². The Labute approximate surface area is 77.5 Å². The quantitative estimate of drug-likeness (QED) is 0.746. The summed E-state index contributed by atoms with van der Waals surface area (Å²) in [5.41, 5.74) is 7.59. The molecule has 0 bridgehead atoms. The Morgan fingerprint density at radius 2 is 1.92 bits per heavy atom. The van der Waals surface area contributed by atoms with Crippen molar-refractivity contribution >= 4 is 5.91 Å². The van der Waals surface area contributed by atoms with Crippen molar-refractivity contribution in [1.29, 1.82) is 0 Å². The average Bonchev–Trinajstić information content (AvgIpc) is 2.03. The van der Waals surface area contributed by atoms with Crippen molar-refractivity contribution in [2.75, 3.05) is 7.11 Å². The molecule has 0 saturated heterocycles. The second-order valence-electron chi connectivity index (χ2n) is 3.00. The Bertz CT molecular complexity index is 345. The van der Waals surface area contributed by atoms with Gasteiger partial charge in [-0.15, -0.1) is 0 Å². The molecule has 0 unspecified atom stereocenters. The van der Waals surface area contributed by atoms with E-state index in [9.17, 15) is 4.79 Å². The molecule has 0 atom stereocenters. The lowest BCUT2D eigenvalue weighted by atomic mass is 10.0. The fraction of sp³-hybridized carbons (Fsp3) is 0.300. The zero-order chi connectivity index (χ0) is 10.0. The number of hydrogen-bond acceptors (Lipinski definition) is 2. The molecule has 0 radical (unpaired) electrons. The number of benzene rings is 1. The Balaban J connectivity index is 3.30. The Hall–Kier alpha value is -1.51. The standard InChI is InChI=1S/C10H13NO2/c1-6-4-7(2)9(13-3)5-8(6)10(11)12/h4-5H,1-3H3,(H2,11,12). The molecule has 0 saturated carbocycles. The third-order valence-corrected chi connectivity index (χ3v) is 2.01. The number of nitrogens with two attached hydrogens (primary N) is 1. The van der Waals surface area contributed by atoms with Crippen LogP contribution in [0.4, 0.5) is 0 Å². The molecular formula is C10H13NO2. The van der Waals surface area contributed by atoms with Gasteiger partial charge in [-0.2, -0.15) is 0 Å². The first-order valence-electron chi connectivity index (χ1n) is 4.01. The molecule has 0 aliphatic rings. The zero-order valence-electron chi connectivity index (χ0n) is 8.05. The maximum Gasteiger partial charge on any atom is 0.249 e. The number of hydrogen-bond donors (Lipinski definition) is 1. The fourth-order valence-corrected chi connectivity index (χ4v) is 1.32. The highest BCUT2D eigenvalue weighted by Gasteiger charge is 2.08. The molecule has 2 N–H and O–H groups in total. The van der Waals surface area contributed by atoms with E-state index in [-0.39, 0.29) is 0 Å². The maximum absolute atomic E-state index is 11.0. The van der Waals surface area contributed by atoms with Crippen LogP contribution in [-0.2, 0) is 0 Å². The normalized spacial score (nSPS) is 9.77. The van der Waals surface area contributed by atoms with Gasteiger partial charge in [0.1, 0.15) is 5.75 Å². The van der Waals surface area contributed by atoms with Crippen LogP contribution in [0.15, 0.2) is 12.1 Å². The van der Waals surface area contributed by atoms with Crippen LogP contribution in [0.1, 0.15) is 21.5 Å². The largest absolute Gasteiger partial charge is 0.496 e. The third kappa shape index (κ3) is 1.80. The zero-order valence-corrected chi connectivity index (χ0v) is 8.05. The Morgan fingerprint density at radius 3 is 2.38 bits per heavy atom. The number of aryl methyl sites for hydroxylation is 2. The highest BCUT2D eigenvalue weighted by molar-refractivity contribution is 5.94. The number of rotatable bonds is 2. The van der Waals surface area contributed by atoms with Crippen LogP contribution in [0.25, 0.3) is 0 Å². The molecule has 1 rings (SSSR count). The number of carbonyl (C=O) groups excluding carboxylic acids is 1. The number of carbonyl (C=O) groups is 1. The first-order chi connectivity index (χ1) is 6.06. The monoisotopic (exact) mass is 179 g/mol. The predicted octanol–water partition coefficient (Wildman–Crippen LogP) is 1.41. The fourth-order valence-electron chi connectivity index (χ4n) is 1.32.